The zero-order valence-electron chi connectivity index (χ0n) is 13.3. The predicted molar refractivity (Wildman–Crippen MR) is 93.3 cm³/mol. The summed E-state index contributed by atoms with van der Waals surface area (Å²) in [6.07, 6.45) is 2.72. The number of hydrogen-bond donors (Lipinski definition) is 2. The number of benzene rings is 2. The number of aryl methyl sites for hydroxylation is 3. The Labute approximate surface area is 135 Å². The first-order valence-corrected chi connectivity index (χ1v) is 7.91. The number of rotatable bonds is 6. The van der Waals surface area contributed by atoms with Crippen LogP contribution in [0.25, 0.3) is 10.9 Å². The molecule has 0 aliphatic heterocycles. The van der Waals surface area contributed by atoms with Crippen LogP contribution in [0.5, 0.6) is 0 Å². The maximum atomic E-state index is 12.1. The van der Waals surface area contributed by atoms with Crippen molar-refractivity contribution in [2.45, 2.75) is 32.6 Å². The van der Waals surface area contributed by atoms with Gasteiger partial charge in [-0.1, -0.05) is 35.9 Å². The lowest BCUT2D eigenvalue weighted by molar-refractivity contribution is -0.119. The fraction of sp³-hybridized carbons (Fsp3) is 0.263. The van der Waals surface area contributed by atoms with E-state index in [9.17, 15) is 4.79 Å². The summed E-state index contributed by atoms with van der Waals surface area (Å²) in [5.41, 5.74) is 10.3. The lowest BCUT2D eigenvalue weighted by Crippen LogP contribution is -2.02. The summed E-state index contributed by atoms with van der Waals surface area (Å²) in [6.45, 7) is 2.07. The third kappa shape index (κ3) is 3.77. The lowest BCUT2D eigenvalue weighted by atomic mass is 10.0. The largest absolute Gasteiger partial charge is 0.382 e. The molecule has 0 saturated carbocycles. The predicted octanol–water partition coefficient (Wildman–Crippen LogP) is 3.59. The van der Waals surface area contributed by atoms with E-state index >= 15 is 0 Å². The Morgan fingerprint density at radius 2 is 1.83 bits per heavy atom. The van der Waals surface area contributed by atoms with Crippen LogP contribution in [0.3, 0.4) is 0 Å². The van der Waals surface area contributed by atoms with Crippen LogP contribution in [0.15, 0.2) is 42.5 Å². The number of nitrogen functional groups attached to an aromatic ring is 1. The number of carbonyl (C=O) groups excluding carboxylic acids is 1. The number of anilines is 1. The molecule has 1 aromatic heterocycles. The summed E-state index contributed by atoms with van der Waals surface area (Å²) >= 11 is 0. The molecular formula is C19H21N3O. The van der Waals surface area contributed by atoms with Crippen molar-refractivity contribution in [1.29, 1.82) is 0 Å². The number of H-pyrrole nitrogens is 1. The minimum atomic E-state index is 0.298. The normalized spacial score (nSPS) is 11.0. The van der Waals surface area contributed by atoms with E-state index in [1.54, 1.807) is 0 Å². The van der Waals surface area contributed by atoms with Gasteiger partial charge in [-0.15, -0.1) is 0 Å². The van der Waals surface area contributed by atoms with Crippen molar-refractivity contribution in [1.82, 2.24) is 10.2 Å². The molecule has 3 rings (SSSR count). The lowest BCUT2D eigenvalue weighted by Gasteiger charge is -2.04. The van der Waals surface area contributed by atoms with Crippen LogP contribution in [0, 0.1) is 6.92 Å². The van der Waals surface area contributed by atoms with Crippen LogP contribution in [-0.4, -0.2) is 16.0 Å². The number of aromatic amines is 1. The third-order valence-corrected chi connectivity index (χ3v) is 4.12. The maximum absolute atomic E-state index is 12.1. The highest BCUT2D eigenvalue weighted by molar-refractivity contribution is 5.89. The van der Waals surface area contributed by atoms with E-state index in [1.165, 1.54) is 11.1 Å². The van der Waals surface area contributed by atoms with Gasteiger partial charge in [-0.25, -0.2) is 0 Å². The van der Waals surface area contributed by atoms with E-state index in [0.717, 1.165) is 29.3 Å². The van der Waals surface area contributed by atoms with Gasteiger partial charge in [-0.3, -0.25) is 9.89 Å². The van der Waals surface area contributed by atoms with Gasteiger partial charge in [0.2, 0.25) is 0 Å². The Bertz CT molecular complexity index is 836. The Morgan fingerprint density at radius 1 is 1.09 bits per heavy atom. The molecular weight excluding hydrogens is 286 g/mol. The van der Waals surface area contributed by atoms with Gasteiger partial charge in [0.25, 0.3) is 0 Å². The molecule has 2 aromatic carbocycles. The van der Waals surface area contributed by atoms with Gasteiger partial charge >= 0.3 is 0 Å². The van der Waals surface area contributed by atoms with E-state index in [4.69, 9.17) is 5.73 Å². The molecule has 0 fully saturated rings. The van der Waals surface area contributed by atoms with Gasteiger partial charge < -0.3 is 5.73 Å². The van der Waals surface area contributed by atoms with Crippen LogP contribution in [-0.2, 0) is 17.6 Å². The van der Waals surface area contributed by atoms with Crippen molar-refractivity contribution in [2.24, 2.45) is 0 Å². The summed E-state index contributed by atoms with van der Waals surface area (Å²) in [5, 5.41) is 7.79. The van der Waals surface area contributed by atoms with E-state index in [-0.39, 0.29) is 0 Å². The van der Waals surface area contributed by atoms with Crippen molar-refractivity contribution in [3.63, 3.8) is 0 Å². The third-order valence-electron chi connectivity index (χ3n) is 4.12. The first-order chi connectivity index (χ1) is 11.1. The second-order valence-corrected chi connectivity index (χ2v) is 6.02. The number of nitrogens with one attached hydrogen (secondary N) is 1. The minimum Gasteiger partial charge on any atom is -0.382 e. The molecule has 4 nitrogen and oxygen atoms in total. The van der Waals surface area contributed by atoms with Crippen molar-refractivity contribution < 1.29 is 4.79 Å². The second kappa shape index (κ2) is 6.65. The van der Waals surface area contributed by atoms with E-state index < -0.39 is 0 Å². The van der Waals surface area contributed by atoms with E-state index in [0.29, 0.717) is 24.4 Å². The molecule has 0 unspecified atom stereocenters. The number of carbonyl (C=O) groups is 1. The molecule has 3 aromatic rings. The fourth-order valence-electron chi connectivity index (χ4n) is 2.80. The van der Waals surface area contributed by atoms with Crippen LogP contribution < -0.4 is 5.73 Å². The zero-order chi connectivity index (χ0) is 16.2. The molecule has 0 aliphatic rings. The molecule has 0 saturated heterocycles. The number of aromatic nitrogens is 2. The van der Waals surface area contributed by atoms with E-state index in [2.05, 4.69) is 35.3 Å². The van der Waals surface area contributed by atoms with Gasteiger partial charge in [0.1, 0.15) is 5.78 Å². The quantitative estimate of drug-likeness (QED) is 0.731. The zero-order valence-corrected chi connectivity index (χ0v) is 13.3. The summed E-state index contributed by atoms with van der Waals surface area (Å²) in [6, 6.07) is 14.3. The number of Topliss-reactive ketones (excluding diaryl/α,β-unsaturated/α-hetero) is 1. The van der Waals surface area contributed by atoms with Crippen molar-refractivity contribution in [3.05, 3.63) is 59.2 Å². The Balaban J connectivity index is 1.54. The Morgan fingerprint density at radius 3 is 2.57 bits per heavy atom. The molecule has 118 valence electrons. The Kier molecular flexibility index (Phi) is 4.42. The highest BCUT2D eigenvalue weighted by Gasteiger charge is 2.07. The average Bonchev–Trinajstić information content (AvgIpc) is 2.92. The molecule has 0 atom stereocenters. The van der Waals surface area contributed by atoms with Gasteiger partial charge in [-0.2, -0.15) is 5.10 Å². The van der Waals surface area contributed by atoms with Crippen molar-refractivity contribution in [3.8, 4) is 0 Å². The number of ketones is 1. The van der Waals surface area contributed by atoms with Gasteiger partial charge in [-0.05, 0) is 43.0 Å². The molecule has 23 heavy (non-hydrogen) atoms. The maximum Gasteiger partial charge on any atom is 0.153 e. The van der Waals surface area contributed by atoms with Crippen LogP contribution in [0.2, 0.25) is 0 Å². The molecule has 1 heterocycles. The molecule has 0 bridgehead atoms. The number of nitrogens with two attached hydrogens (primary N) is 1. The molecule has 4 heteroatoms. The van der Waals surface area contributed by atoms with Crippen LogP contribution >= 0.6 is 0 Å². The van der Waals surface area contributed by atoms with E-state index in [1.807, 2.05) is 24.3 Å². The van der Waals surface area contributed by atoms with Crippen LogP contribution in [0.1, 0.15) is 29.5 Å². The average molecular weight is 307 g/mol. The monoisotopic (exact) mass is 307 g/mol. The molecule has 0 spiro atoms. The molecule has 0 aliphatic carbocycles. The molecule has 0 amide bonds. The van der Waals surface area contributed by atoms with Crippen molar-refractivity contribution >= 4 is 22.5 Å². The summed E-state index contributed by atoms with van der Waals surface area (Å²) in [4.78, 5) is 12.1. The van der Waals surface area contributed by atoms with Crippen molar-refractivity contribution in [2.75, 3.05) is 5.73 Å². The van der Waals surface area contributed by atoms with Gasteiger partial charge in [0.15, 0.2) is 5.82 Å². The molecule has 3 N–H and O–H groups in total. The second-order valence-electron chi connectivity index (χ2n) is 6.02. The Hall–Kier alpha value is -2.62. The first kappa shape index (κ1) is 15.3. The minimum absolute atomic E-state index is 0.298. The number of hydrogen-bond acceptors (Lipinski definition) is 3. The van der Waals surface area contributed by atoms with Crippen LogP contribution in [0.4, 0.5) is 5.82 Å². The SMILES string of the molecule is Cc1cccc(CCC(=O)CCc2ccc3[nH]nc(N)c3c2)c1. The number of fused-ring (bicyclic) bond motifs is 1. The fourth-order valence-corrected chi connectivity index (χ4v) is 2.80. The highest BCUT2D eigenvalue weighted by atomic mass is 16.1. The van der Waals surface area contributed by atoms with Gasteiger partial charge in [0, 0.05) is 18.2 Å². The standard InChI is InChI=1S/C19H21N3O/c1-13-3-2-4-14(11-13)5-8-16(23)9-6-15-7-10-18-17(12-15)19(20)22-21-18/h2-4,7,10-12H,5-6,8-9H2,1H3,(H3,20,21,22). The first-order valence-electron chi connectivity index (χ1n) is 7.91. The summed E-state index contributed by atoms with van der Waals surface area (Å²) in [5.74, 6) is 0.805. The summed E-state index contributed by atoms with van der Waals surface area (Å²) < 4.78 is 0. The topological polar surface area (TPSA) is 71.8 Å². The highest BCUT2D eigenvalue weighted by Crippen LogP contribution is 2.20. The number of nitrogens with zero attached hydrogens (tertiary/aromatic N) is 1. The summed E-state index contributed by atoms with van der Waals surface area (Å²) in [7, 11) is 0. The molecule has 0 radical (unpaired) electrons. The smallest absolute Gasteiger partial charge is 0.153 e. The van der Waals surface area contributed by atoms with Gasteiger partial charge in [0.05, 0.1) is 5.52 Å².